The number of aliphatic hydroxyl groups is 1. The largest absolute Gasteiger partial charge is 0.508 e. The summed E-state index contributed by atoms with van der Waals surface area (Å²) in [6.45, 7) is 0.675. The molecule has 0 radical (unpaired) electrons. The van der Waals surface area contributed by atoms with Gasteiger partial charge in [-0.3, -0.25) is 28.2 Å². The lowest BCUT2D eigenvalue weighted by Gasteiger charge is -2.17. The van der Waals surface area contributed by atoms with E-state index in [1.54, 1.807) is 13.0 Å². The number of carboxylic acid groups (broad SMARTS) is 1. The summed E-state index contributed by atoms with van der Waals surface area (Å²) in [5, 5.41) is 35.4. The second kappa shape index (κ2) is 20.5. The van der Waals surface area contributed by atoms with Crippen molar-refractivity contribution in [1.29, 1.82) is 0 Å². The number of phenolic OH excluding ortho intramolecular Hbond substituents is 1. The molecule has 0 saturated heterocycles. The van der Waals surface area contributed by atoms with Crippen molar-refractivity contribution >= 4 is 42.5 Å². The maximum atomic E-state index is 12.9. The van der Waals surface area contributed by atoms with Crippen LogP contribution in [0.3, 0.4) is 0 Å². The van der Waals surface area contributed by atoms with Gasteiger partial charge in [0, 0.05) is 60.1 Å². The molecule has 0 bridgehead atoms. The molecular weight excluding hydrogens is 747 g/mol. The minimum Gasteiger partial charge on any atom is -0.508 e. The zero-order valence-corrected chi connectivity index (χ0v) is 30.6. The summed E-state index contributed by atoms with van der Waals surface area (Å²) < 4.78 is 42.5. The summed E-state index contributed by atoms with van der Waals surface area (Å²) in [4.78, 5) is 70.0. The average Bonchev–Trinajstić information content (AvgIpc) is 3.15. The van der Waals surface area contributed by atoms with Crippen molar-refractivity contribution in [3.63, 3.8) is 0 Å². The van der Waals surface area contributed by atoms with E-state index < -0.39 is 50.9 Å². The molecule has 296 valence electrons. The van der Waals surface area contributed by atoms with E-state index >= 15 is 0 Å². The van der Waals surface area contributed by atoms with Gasteiger partial charge in [0.2, 0.25) is 5.91 Å². The van der Waals surface area contributed by atoms with Crippen LogP contribution in [0.2, 0.25) is 0 Å². The summed E-state index contributed by atoms with van der Waals surface area (Å²) in [7, 11) is -4.51. The number of rotatable bonds is 22. The highest BCUT2D eigenvalue weighted by atomic mass is 31.2. The highest BCUT2D eigenvalue weighted by Crippen LogP contribution is 2.43. The number of benzene rings is 3. The molecule has 6 N–H and O–H groups in total. The number of ether oxygens (including phenoxy) is 3. The molecular formula is C36H41N2O16P. The maximum absolute atomic E-state index is 12.9. The van der Waals surface area contributed by atoms with Crippen LogP contribution >= 0.6 is 7.82 Å². The molecule has 2 aliphatic rings. The lowest BCUT2D eigenvalue weighted by atomic mass is 9.90. The molecule has 2 atom stereocenters. The predicted octanol–water partition coefficient (Wildman–Crippen LogP) is 2.69. The average molecular weight is 789 g/mol. The molecule has 18 nitrogen and oxygen atoms in total. The fourth-order valence-corrected chi connectivity index (χ4v) is 5.81. The molecule has 19 heteroatoms. The standard InChI is InChI=1S/C36H41N2O16P/c1-2-33(43)51-20-25(41)21-53-55(47,48)52-14-11-37-32(42)9-12-49-15-16-50-13-10-38-35(44)22-3-6-26(29(17-22)36(45)46)34-27-7-4-23(39)18-30(27)54-31-19-24(40)5-8-28(31)34/h3-8,17-19,25,39,41H,2,9-16,20-21H2,1H3,(H,37,42)(H,38,44)(H,45,46)(H,47,48). The monoisotopic (exact) mass is 788 g/mol. The van der Waals surface area contributed by atoms with Crippen LogP contribution in [0.5, 0.6) is 5.75 Å². The number of carbonyl (C=O) groups excluding carboxylic acids is 3. The number of nitrogens with one attached hydrogen (secondary N) is 2. The van der Waals surface area contributed by atoms with Gasteiger partial charge in [-0.25, -0.2) is 9.36 Å². The molecule has 2 aromatic rings. The molecule has 2 aromatic carbocycles. The molecule has 2 amide bonds. The van der Waals surface area contributed by atoms with Gasteiger partial charge < -0.3 is 49.5 Å². The minimum atomic E-state index is -4.51. The Morgan fingerprint density at radius 2 is 1.58 bits per heavy atom. The Morgan fingerprint density at radius 1 is 0.855 bits per heavy atom. The van der Waals surface area contributed by atoms with Crippen molar-refractivity contribution in [1.82, 2.24) is 10.6 Å². The Hall–Kier alpha value is -5.20. The number of esters is 1. The maximum Gasteiger partial charge on any atom is 0.472 e. The van der Waals surface area contributed by atoms with Gasteiger partial charge in [-0.05, 0) is 42.0 Å². The number of carboxylic acids is 1. The number of phosphoric ester groups is 1. The van der Waals surface area contributed by atoms with Crippen molar-refractivity contribution < 1.29 is 71.6 Å². The second-order valence-electron chi connectivity index (χ2n) is 11.7. The third kappa shape index (κ3) is 13.0. The Balaban J connectivity index is 1.14. The van der Waals surface area contributed by atoms with Crippen molar-refractivity contribution in [2.75, 3.05) is 59.3 Å². The van der Waals surface area contributed by atoms with E-state index in [2.05, 4.69) is 15.2 Å². The number of amides is 2. The first-order valence-corrected chi connectivity index (χ1v) is 18.5. The molecule has 2 unspecified atom stereocenters. The number of carbonyl (C=O) groups is 4. The van der Waals surface area contributed by atoms with Crippen LogP contribution in [0.15, 0.2) is 63.8 Å². The third-order valence-corrected chi connectivity index (χ3v) is 8.65. The van der Waals surface area contributed by atoms with Gasteiger partial charge in [-0.15, -0.1) is 0 Å². The molecule has 0 spiro atoms. The van der Waals surface area contributed by atoms with Crippen molar-refractivity contribution in [3.8, 4) is 28.2 Å². The minimum absolute atomic E-state index is 0.0140. The van der Waals surface area contributed by atoms with Gasteiger partial charge in [-0.1, -0.05) is 13.0 Å². The fourth-order valence-electron chi connectivity index (χ4n) is 5.05. The van der Waals surface area contributed by atoms with Crippen LogP contribution in [-0.2, 0) is 37.4 Å². The van der Waals surface area contributed by atoms with E-state index in [1.165, 1.54) is 48.5 Å². The van der Waals surface area contributed by atoms with Gasteiger partial charge in [-0.2, -0.15) is 0 Å². The Morgan fingerprint density at radius 3 is 2.33 bits per heavy atom. The third-order valence-electron chi connectivity index (χ3n) is 7.67. The summed E-state index contributed by atoms with van der Waals surface area (Å²) in [5.74, 6) is -2.67. The number of hydrogen-bond donors (Lipinski definition) is 6. The number of phenols is 1. The molecule has 1 heterocycles. The van der Waals surface area contributed by atoms with Crippen LogP contribution in [-0.4, -0.2) is 109 Å². The predicted molar refractivity (Wildman–Crippen MR) is 194 cm³/mol. The molecule has 4 rings (SSSR count). The first kappa shape index (κ1) is 42.5. The molecule has 0 fully saturated rings. The van der Waals surface area contributed by atoms with E-state index in [0.29, 0.717) is 16.5 Å². The first-order chi connectivity index (χ1) is 26.3. The zero-order chi connectivity index (χ0) is 40.0. The number of aromatic carboxylic acids is 1. The first-order valence-electron chi connectivity index (χ1n) is 17.0. The van der Waals surface area contributed by atoms with Crippen LogP contribution in [0.1, 0.15) is 40.5 Å². The number of phosphoric acid groups is 1. The van der Waals surface area contributed by atoms with E-state index in [4.69, 9.17) is 23.2 Å². The van der Waals surface area contributed by atoms with Gasteiger partial charge in [0.05, 0.1) is 45.2 Å². The molecule has 0 aromatic heterocycles. The van der Waals surface area contributed by atoms with Gasteiger partial charge >= 0.3 is 19.8 Å². The normalized spacial score (nSPS) is 12.9. The Labute approximate surface area is 313 Å². The molecule has 1 aliphatic heterocycles. The number of fused-ring (bicyclic) bond motifs is 2. The second-order valence-corrected chi connectivity index (χ2v) is 13.2. The van der Waals surface area contributed by atoms with E-state index in [-0.39, 0.29) is 98.2 Å². The molecule has 55 heavy (non-hydrogen) atoms. The highest BCUT2D eigenvalue weighted by molar-refractivity contribution is 7.47. The number of aliphatic hydroxyl groups excluding tert-OH is 1. The summed E-state index contributed by atoms with van der Waals surface area (Å²) in [6, 6.07) is 12.7. The molecule has 1 aliphatic carbocycles. The topological polar surface area (TPSA) is 267 Å². The lowest BCUT2D eigenvalue weighted by Crippen LogP contribution is -2.28. The van der Waals surface area contributed by atoms with Gasteiger partial charge in [0.15, 0.2) is 5.43 Å². The zero-order valence-electron chi connectivity index (χ0n) is 29.7. The van der Waals surface area contributed by atoms with Crippen molar-refractivity contribution in [3.05, 3.63) is 75.9 Å². The SMILES string of the molecule is CCC(=O)OCC(O)COP(=O)(O)OCCNC(=O)CCOCCOCCNC(=O)c1ccc(-c2c3ccc(=O)cc-3oc3cc(O)ccc23)c(C(=O)O)c1. The summed E-state index contributed by atoms with van der Waals surface area (Å²) in [5.41, 5.74) is 1.03. The van der Waals surface area contributed by atoms with Crippen molar-refractivity contribution in [2.45, 2.75) is 25.9 Å². The lowest BCUT2D eigenvalue weighted by molar-refractivity contribution is -0.146. The summed E-state index contributed by atoms with van der Waals surface area (Å²) >= 11 is 0. The smallest absolute Gasteiger partial charge is 0.472 e. The Bertz CT molecular complexity index is 2050. The highest BCUT2D eigenvalue weighted by Gasteiger charge is 2.24. The van der Waals surface area contributed by atoms with Gasteiger partial charge in [0.1, 0.15) is 29.8 Å². The number of hydrogen-bond acceptors (Lipinski definition) is 14. The molecule has 0 saturated carbocycles. The van der Waals surface area contributed by atoms with Crippen molar-refractivity contribution in [2.24, 2.45) is 0 Å². The number of aromatic hydroxyl groups is 1. The van der Waals surface area contributed by atoms with Crippen LogP contribution in [0.4, 0.5) is 0 Å². The van der Waals surface area contributed by atoms with E-state index in [1.807, 2.05) is 0 Å². The van der Waals surface area contributed by atoms with E-state index in [0.717, 1.165) is 0 Å². The van der Waals surface area contributed by atoms with E-state index in [9.17, 15) is 48.8 Å². The van der Waals surface area contributed by atoms with Crippen LogP contribution < -0.4 is 16.1 Å². The van der Waals surface area contributed by atoms with Crippen LogP contribution in [0.25, 0.3) is 33.4 Å². The quantitative estimate of drug-likeness (QED) is 0.0289. The summed E-state index contributed by atoms with van der Waals surface area (Å²) in [6.07, 6.45) is -1.23. The van der Waals surface area contributed by atoms with Crippen LogP contribution in [0, 0.1) is 0 Å². The fraction of sp³-hybridized carbons (Fsp3) is 0.361. The Kier molecular flexibility index (Phi) is 15.8. The van der Waals surface area contributed by atoms with Gasteiger partial charge in [0.25, 0.3) is 5.91 Å².